The Hall–Kier alpha value is -1.35. The lowest BCUT2D eigenvalue weighted by atomic mass is 10.2. The summed E-state index contributed by atoms with van der Waals surface area (Å²) < 4.78 is 2.26. The molecule has 2 heterocycles. The minimum Gasteiger partial charge on any atom is -0.347 e. The van der Waals surface area contributed by atoms with Crippen molar-refractivity contribution in [2.75, 3.05) is 0 Å². The van der Waals surface area contributed by atoms with Crippen LogP contribution in [0.4, 0.5) is 0 Å². The van der Waals surface area contributed by atoms with Gasteiger partial charge in [-0.05, 0) is 31.9 Å². The Morgan fingerprint density at radius 1 is 1.47 bits per heavy atom. The zero-order valence-corrected chi connectivity index (χ0v) is 9.06. The van der Waals surface area contributed by atoms with Crippen molar-refractivity contribution in [1.82, 2.24) is 9.55 Å². The number of aryl methyl sites for hydroxylation is 1. The summed E-state index contributed by atoms with van der Waals surface area (Å²) in [6.45, 7) is 3.09. The quantitative estimate of drug-likeness (QED) is 0.827. The molecule has 0 amide bonds. The highest BCUT2D eigenvalue weighted by atomic mass is 15.0. The van der Waals surface area contributed by atoms with Gasteiger partial charge >= 0.3 is 0 Å². The molecule has 0 aromatic carbocycles. The molecule has 0 saturated carbocycles. The molecule has 80 valence electrons. The number of aromatic nitrogens is 2. The number of hydrogen-bond donors (Lipinski definition) is 1. The number of rotatable bonds is 4. The van der Waals surface area contributed by atoms with Gasteiger partial charge in [0.05, 0.1) is 5.52 Å². The van der Waals surface area contributed by atoms with E-state index in [1.807, 2.05) is 12.4 Å². The van der Waals surface area contributed by atoms with E-state index in [9.17, 15) is 0 Å². The molecule has 0 aliphatic heterocycles. The Balaban J connectivity index is 2.08. The average molecular weight is 203 g/mol. The fourth-order valence-electron chi connectivity index (χ4n) is 1.82. The molecule has 3 heteroatoms. The fraction of sp³-hybridized carbons (Fsp3) is 0.417. The second-order valence-electron chi connectivity index (χ2n) is 4.06. The van der Waals surface area contributed by atoms with Gasteiger partial charge in [0.25, 0.3) is 0 Å². The minimum absolute atomic E-state index is 0.300. The van der Waals surface area contributed by atoms with Crippen molar-refractivity contribution in [2.45, 2.75) is 32.4 Å². The van der Waals surface area contributed by atoms with Crippen LogP contribution in [0.3, 0.4) is 0 Å². The molecular weight excluding hydrogens is 186 g/mol. The summed E-state index contributed by atoms with van der Waals surface area (Å²) in [5, 5.41) is 1.21. The van der Waals surface area contributed by atoms with Crippen molar-refractivity contribution in [3.8, 4) is 0 Å². The molecule has 15 heavy (non-hydrogen) atoms. The molecule has 0 aliphatic rings. The molecule has 2 rings (SSSR count). The number of nitrogens with two attached hydrogens (primary N) is 1. The van der Waals surface area contributed by atoms with E-state index >= 15 is 0 Å². The number of hydrogen-bond acceptors (Lipinski definition) is 2. The van der Waals surface area contributed by atoms with Gasteiger partial charge in [-0.2, -0.15) is 0 Å². The number of pyridine rings is 1. The van der Waals surface area contributed by atoms with Gasteiger partial charge in [-0.3, -0.25) is 4.98 Å². The van der Waals surface area contributed by atoms with Gasteiger partial charge in [0, 0.05) is 36.6 Å². The third-order valence-electron chi connectivity index (χ3n) is 2.63. The Morgan fingerprint density at radius 2 is 2.33 bits per heavy atom. The molecule has 1 unspecified atom stereocenters. The van der Waals surface area contributed by atoms with Gasteiger partial charge in [0.2, 0.25) is 0 Å². The van der Waals surface area contributed by atoms with E-state index in [1.165, 1.54) is 10.9 Å². The lowest BCUT2D eigenvalue weighted by Gasteiger charge is -2.07. The fourth-order valence-corrected chi connectivity index (χ4v) is 1.82. The smallest absolute Gasteiger partial charge is 0.0511 e. The Labute approximate surface area is 89.9 Å². The average Bonchev–Trinajstić information content (AvgIpc) is 2.62. The maximum absolute atomic E-state index is 5.73. The van der Waals surface area contributed by atoms with Crippen LogP contribution in [0.5, 0.6) is 0 Å². The highest BCUT2D eigenvalue weighted by Crippen LogP contribution is 2.14. The molecule has 3 nitrogen and oxygen atoms in total. The first kappa shape index (κ1) is 10.2. The summed E-state index contributed by atoms with van der Waals surface area (Å²) in [6, 6.07) is 4.46. The zero-order chi connectivity index (χ0) is 10.7. The molecule has 1 atom stereocenters. The van der Waals surface area contributed by atoms with E-state index in [1.54, 1.807) is 0 Å². The summed E-state index contributed by atoms with van der Waals surface area (Å²) in [5.41, 5.74) is 6.98. The molecule has 2 N–H and O–H groups in total. The first-order chi connectivity index (χ1) is 7.27. The maximum atomic E-state index is 5.73. The summed E-state index contributed by atoms with van der Waals surface area (Å²) in [7, 11) is 0. The third kappa shape index (κ3) is 2.36. The number of fused-ring (bicyclic) bond motifs is 1. The molecule has 0 aliphatic carbocycles. The Morgan fingerprint density at radius 3 is 3.13 bits per heavy atom. The summed E-state index contributed by atoms with van der Waals surface area (Å²) in [4.78, 5) is 4.10. The topological polar surface area (TPSA) is 43.8 Å². The van der Waals surface area contributed by atoms with E-state index in [-0.39, 0.29) is 0 Å². The van der Waals surface area contributed by atoms with E-state index in [0.29, 0.717) is 6.04 Å². The summed E-state index contributed by atoms with van der Waals surface area (Å²) in [5.74, 6) is 0. The van der Waals surface area contributed by atoms with Crippen molar-refractivity contribution < 1.29 is 0 Å². The third-order valence-corrected chi connectivity index (χ3v) is 2.63. The summed E-state index contributed by atoms with van der Waals surface area (Å²) in [6.07, 6.45) is 8.06. The normalized spacial score (nSPS) is 13.2. The van der Waals surface area contributed by atoms with E-state index < -0.39 is 0 Å². The zero-order valence-electron chi connectivity index (χ0n) is 9.06. The molecule has 0 saturated heterocycles. The second kappa shape index (κ2) is 4.45. The van der Waals surface area contributed by atoms with Gasteiger partial charge in [-0.1, -0.05) is 0 Å². The van der Waals surface area contributed by atoms with Crippen LogP contribution in [0.1, 0.15) is 19.8 Å². The molecule has 0 fully saturated rings. The van der Waals surface area contributed by atoms with Crippen LogP contribution in [-0.2, 0) is 6.54 Å². The Kier molecular flexibility index (Phi) is 3.02. The van der Waals surface area contributed by atoms with Crippen molar-refractivity contribution >= 4 is 10.9 Å². The van der Waals surface area contributed by atoms with Gasteiger partial charge in [-0.15, -0.1) is 0 Å². The van der Waals surface area contributed by atoms with E-state index in [2.05, 4.69) is 34.8 Å². The lowest BCUT2D eigenvalue weighted by Crippen LogP contribution is -2.15. The maximum Gasteiger partial charge on any atom is 0.0511 e. The van der Waals surface area contributed by atoms with Crippen LogP contribution in [0.2, 0.25) is 0 Å². The monoisotopic (exact) mass is 203 g/mol. The molecular formula is C12H17N3. The molecule has 0 radical (unpaired) electrons. The molecule has 2 aromatic rings. The first-order valence-electron chi connectivity index (χ1n) is 5.42. The van der Waals surface area contributed by atoms with Crippen molar-refractivity contribution in [3.63, 3.8) is 0 Å². The molecule has 0 bridgehead atoms. The lowest BCUT2D eigenvalue weighted by molar-refractivity contribution is 0.567. The van der Waals surface area contributed by atoms with Gasteiger partial charge in [0.1, 0.15) is 0 Å². The van der Waals surface area contributed by atoms with Crippen LogP contribution >= 0.6 is 0 Å². The minimum atomic E-state index is 0.300. The first-order valence-corrected chi connectivity index (χ1v) is 5.42. The van der Waals surface area contributed by atoms with Crippen LogP contribution in [0, 0.1) is 0 Å². The van der Waals surface area contributed by atoms with Crippen LogP contribution in [-0.4, -0.2) is 15.6 Å². The standard InChI is InChI=1S/C12H17N3/c1-10(13)3-2-7-15-8-5-11-9-14-6-4-12(11)15/h4-6,8-10H,2-3,7,13H2,1H3. The summed E-state index contributed by atoms with van der Waals surface area (Å²) >= 11 is 0. The van der Waals surface area contributed by atoms with Crippen LogP contribution < -0.4 is 5.73 Å². The van der Waals surface area contributed by atoms with Crippen molar-refractivity contribution in [1.29, 1.82) is 0 Å². The highest BCUT2D eigenvalue weighted by Gasteiger charge is 2.00. The predicted molar refractivity (Wildman–Crippen MR) is 62.6 cm³/mol. The predicted octanol–water partition coefficient (Wildman–Crippen LogP) is 2.16. The van der Waals surface area contributed by atoms with Gasteiger partial charge in [-0.25, -0.2) is 0 Å². The Bertz CT molecular complexity index is 431. The van der Waals surface area contributed by atoms with Crippen molar-refractivity contribution in [3.05, 3.63) is 30.7 Å². The van der Waals surface area contributed by atoms with Crippen LogP contribution in [0.15, 0.2) is 30.7 Å². The molecule has 2 aromatic heterocycles. The van der Waals surface area contributed by atoms with Gasteiger partial charge < -0.3 is 10.3 Å². The second-order valence-corrected chi connectivity index (χ2v) is 4.06. The highest BCUT2D eigenvalue weighted by molar-refractivity contribution is 5.78. The molecule has 0 spiro atoms. The number of nitrogens with zero attached hydrogens (tertiary/aromatic N) is 2. The van der Waals surface area contributed by atoms with Crippen LogP contribution in [0.25, 0.3) is 10.9 Å². The largest absolute Gasteiger partial charge is 0.347 e. The SMILES string of the molecule is CC(N)CCCn1ccc2cnccc21. The van der Waals surface area contributed by atoms with Crippen molar-refractivity contribution in [2.24, 2.45) is 5.73 Å². The van der Waals surface area contributed by atoms with E-state index in [0.717, 1.165) is 19.4 Å². The van der Waals surface area contributed by atoms with Gasteiger partial charge in [0.15, 0.2) is 0 Å². The van der Waals surface area contributed by atoms with E-state index in [4.69, 9.17) is 5.73 Å².